The van der Waals surface area contributed by atoms with Crippen molar-refractivity contribution in [1.29, 1.82) is 0 Å². The Morgan fingerprint density at radius 2 is 2.06 bits per heavy atom. The van der Waals surface area contributed by atoms with Gasteiger partial charge in [0.25, 0.3) is 0 Å². The Labute approximate surface area is 94.2 Å². The van der Waals surface area contributed by atoms with E-state index in [0.717, 1.165) is 11.1 Å². The third-order valence-electron chi connectivity index (χ3n) is 2.01. The van der Waals surface area contributed by atoms with Crippen LogP contribution >= 0.6 is 0 Å². The van der Waals surface area contributed by atoms with Crippen LogP contribution in [0.1, 0.15) is 11.1 Å². The summed E-state index contributed by atoms with van der Waals surface area (Å²) in [6.45, 7) is 3.88. The second kappa shape index (κ2) is 5.08. The van der Waals surface area contributed by atoms with Gasteiger partial charge in [-0.1, -0.05) is 5.92 Å². The topological polar surface area (TPSA) is 58.6 Å². The fourth-order valence-electron chi connectivity index (χ4n) is 1.49. The molecule has 0 aliphatic heterocycles. The zero-order chi connectivity index (χ0) is 12.1. The molecule has 4 nitrogen and oxygen atoms in total. The molecule has 1 aromatic rings. The highest BCUT2D eigenvalue weighted by Crippen LogP contribution is 2.27. The first-order valence-corrected chi connectivity index (χ1v) is 4.72. The van der Waals surface area contributed by atoms with Gasteiger partial charge in [0, 0.05) is 5.69 Å². The summed E-state index contributed by atoms with van der Waals surface area (Å²) in [5.41, 5.74) is 2.22. The molecule has 0 atom stereocenters. The number of rotatable bonds is 3. The van der Waals surface area contributed by atoms with Crippen LogP contribution in [0.5, 0.6) is 5.75 Å². The van der Waals surface area contributed by atoms with E-state index in [4.69, 9.17) is 16.3 Å². The van der Waals surface area contributed by atoms with Gasteiger partial charge in [0.05, 0.1) is 0 Å². The standard InChI is InChI=1S/C12H13NO3/c1-4-5-16-11-8(2)6-10(7-9(11)3)13-12(14)15/h1,6-7,13H,5H2,2-3H3,(H,14,15). The van der Waals surface area contributed by atoms with Gasteiger partial charge in [-0.3, -0.25) is 5.32 Å². The molecule has 0 saturated heterocycles. The summed E-state index contributed by atoms with van der Waals surface area (Å²) in [6, 6.07) is 3.40. The van der Waals surface area contributed by atoms with E-state index >= 15 is 0 Å². The van der Waals surface area contributed by atoms with Crippen molar-refractivity contribution in [1.82, 2.24) is 0 Å². The van der Waals surface area contributed by atoms with Crippen molar-refractivity contribution >= 4 is 11.8 Å². The number of ether oxygens (including phenoxy) is 1. The molecule has 0 bridgehead atoms. The van der Waals surface area contributed by atoms with Gasteiger partial charge in [-0.2, -0.15) is 0 Å². The van der Waals surface area contributed by atoms with Crippen LogP contribution in [0.4, 0.5) is 10.5 Å². The molecule has 0 heterocycles. The lowest BCUT2D eigenvalue weighted by Gasteiger charge is -2.12. The van der Waals surface area contributed by atoms with Crippen molar-refractivity contribution in [2.24, 2.45) is 0 Å². The van der Waals surface area contributed by atoms with Crippen LogP contribution in [0.15, 0.2) is 12.1 Å². The van der Waals surface area contributed by atoms with E-state index < -0.39 is 6.09 Å². The molecule has 4 heteroatoms. The van der Waals surface area contributed by atoms with Crippen molar-refractivity contribution in [3.63, 3.8) is 0 Å². The smallest absolute Gasteiger partial charge is 0.409 e. The minimum atomic E-state index is -1.09. The summed E-state index contributed by atoms with van der Waals surface area (Å²) >= 11 is 0. The third-order valence-corrected chi connectivity index (χ3v) is 2.01. The molecule has 16 heavy (non-hydrogen) atoms. The molecule has 0 spiro atoms. The molecular formula is C12H13NO3. The molecule has 0 saturated carbocycles. The quantitative estimate of drug-likeness (QED) is 0.767. The minimum absolute atomic E-state index is 0.202. The lowest BCUT2D eigenvalue weighted by atomic mass is 10.1. The van der Waals surface area contributed by atoms with Crippen LogP contribution in [-0.4, -0.2) is 17.8 Å². The second-order valence-electron chi connectivity index (χ2n) is 3.36. The number of aryl methyl sites for hydroxylation is 2. The Bertz CT molecular complexity index is 423. The molecule has 0 aliphatic carbocycles. The van der Waals surface area contributed by atoms with Crippen LogP contribution in [0.2, 0.25) is 0 Å². The summed E-state index contributed by atoms with van der Waals surface area (Å²) in [7, 11) is 0. The highest BCUT2D eigenvalue weighted by Gasteiger charge is 2.07. The number of nitrogens with one attached hydrogen (secondary N) is 1. The Morgan fingerprint density at radius 1 is 1.50 bits per heavy atom. The predicted octanol–water partition coefficient (Wildman–Crippen LogP) is 2.41. The predicted molar refractivity (Wildman–Crippen MR) is 61.9 cm³/mol. The number of carboxylic acid groups (broad SMARTS) is 1. The molecular weight excluding hydrogens is 206 g/mol. The summed E-state index contributed by atoms with van der Waals surface area (Å²) in [4.78, 5) is 10.5. The lowest BCUT2D eigenvalue weighted by Crippen LogP contribution is -2.08. The van der Waals surface area contributed by atoms with E-state index in [0.29, 0.717) is 11.4 Å². The van der Waals surface area contributed by atoms with E-state index in [1.54, 1.807) is 12.1 Å². The minimum Gasteiger partial charge on any atom is -0.480 e. The van der Waals surface area contributed by atoms with Crippen LogP contribution in [0.25, 0.3) is 0 Å². The Kier molecular flexibility index (Phi) is 3.78. The molecule has 0 aliphatic rings. The van der Waals surface area contributed by atoms with Gasteiger partial charge in [-0.05, 0) is 37.1 Å². The van der Waals surface area contributed by atoms with Crippen LogP contribution in [0, 0.1) is 26.2 Å². The number of anilines is 1. The monoisotopic (exact) mass is 219 g/mol. The third kappa shape index (κ3) is 2.92. The number of carbonyl (C=O) groups is 1. The number of hydrogen-bond acceptors (Lipinski definition) is 2. The molecule has 0 unspecified atom stereocenters. The van der Waals surface area contributed by atoms with Gasteiger partial charge in [0.15, 0.2) is 0 Å². The summed E-state index contributed by atoms with van der Waals surface area (Å²) in [6.07, 6.45) is 4.02. The number of benzene rings is 1. The average molecular weight is 219 g/mol. The Morgan fingerprint density at radius 3 is 2.50 bits per heavy atom. The fraction of sp³-hybridized carbons (Fsp3) is 0.250. The maximum absolute atomic E-state index is 10.5. The fourth-order valence-corrected chi connectivity index (χ4v) is 1.49. The Hall–Kier alpha value is -2.15. The summed E-state index contributed by atoms with van der Waals surface area (Å²) < 4.78 is 5.37. The molecule has 0 radical (unpaired) electrons. The zero-order valence-corrected chi connectivity index (χ0v) is 9.20. The molecule has 0 fully saturated rings. The van der Waals surface area contributed by atoms with E-state index in [-0.39, 0.29) is 6.61 Å². The highest BCUT2D eigenvalue weighted by molar-refractivity contribution is 5.83. The molecule has 84 valence electrons. The highest BCUT2D eigenvalue weighted by atomic mass is 16.5. The van der Waals surface area contributed by atoms with E-state index in [2.05, 4.69) is 11.2 Å². The summed E-state index contributed by atoms with van der Waals surface area (Å²) in [5.74, 6) is 3.09. The van der Waals surface area contributed by atoms with Crippen molar-refractivity contribution in [3.8, 4) is 18.1 Å². The summed E-state index contributed by atoms with van der Waals surface area (Å²) in [5, 5.41) is 10.9. The van der Waals surface area contributed by atoms with Gasteiger partial charge >= 0.3 is 6.09 Å². The molecule has 1 rings (SSSR count). The number of terminal acetylenes is 1. The van der Waals surface area contributed by atoms with Crippen molar-refractivity contribution in [2.75, 3.05) is 11.9 Å². The molecule has 1 amide bonds. The van der Waals surface area contributed by atoms with Gasteiger partial charge in [0.1, 0.15) is 12.4 Å². The van der Waals surface area contributed by atoms with Gasteiger partial charge in [-0.25, -0.2) is 4.79 Å². The molecule has 2 N–H and O–H groups in total. The second-order valence-corrected chi connectivity index (χ2v) is 3.36. The van der Waals surface area contributed by atoms with Crippen LogP contribution in [0.3, 0.4) is 0 Å². The normalized spacial score (nSPS) is 9.31. The number of hydrogen-bond donors (Lipinski definition) is 2. The first-order valence-electron chi connectivity index (χ1n) is 4.72. The van der Waals surface area contributed by atoms with Crippen molar-refractivity contribution < 1.29 is 14.6 Å². The van der Waals surface area contributed by atoms with Gasteiger partial charge < -0.3 is 9.84 Å². The van der Waals surface area contributed by atoms with E-state index in [9.17, 15) is 4.79 Å². The van der Waals surface area contributed by atoms with E-state index in [1.807, 2.05) is 13.8 Å². The van der Waals surface area contributed by atoms with Gasteiger partial charge in [0.2, 0.25) is 0 Å². The van der Waals surface area contributed by atoms with E-state index in [1.165, 1.54) is 0 Å². The number of amides is 1. The van der Waals surface area contributed by atoms with Gasteiger partial charge in [-0.15, -0.1) is 6.42 Å². The first kappa shape index (κ1) is 11.9. The van der Waals surface area contributed by atoms with Crippen LogP contribution < -0.4 is 10.1 Å². The SMILES string of the molecule is C#CCOc1c(C)cc(NC(=O)O)cc1C. The molecule has 0 aromatic heterocycles. The molecule has 1 aromatic carbocycles. The zero-order valence-electron chi connectivity index (χ0n) is 9.20. The van der Waals surface area contributed by atoms with Crippen LogP contribution in [-0.2, 0) is 0 Å². The lowest BCUT2D eigenvalue weighted by molar-refractivity contribution is 0.209. The van der Waals surface area contributed by atoms with Crippen molar-refractivity contribution in [2.45, 2.75) is 13.8 Å². The first-order chi connectivity index (χ1) is 7.54. The van der Waals surface area contributed by atoms with Crippen molar-refractivity contribution in [3.05, 3.63) is 23.3 Å². The maximum atomic E-state index is 10.5. The maximum Gasteiger partial charge on any atom is 0.409 e. The Balaban J connectivity index is 2.98. The average Bonchev–Trinajstić information content (AvgIpc) is 2.15. The largest absolute Gasteiger partial charge is 0.480 e.